The van der Waals surface area contributed by atoms with Crippen LogP contribution in [-0.2, 0) is 21.0 Å². The number of nitrogens with zero attached hydrogens (tertiary/aromatic N) is 1. The number of thiocarbonyl (C=S) groups is 1. The SMILES string of the molecule is COc1cccc(CN2C(=S)N[C@@H]3C[S+](=O)(O)C[C@H]32)c1. The topological polar surface area (TPSA) is 61.8 Å². The van der Waals surface area contributed by atoms with E-state index in [1.807, 2.05) is 29.2 Å². The summed E-state index contributed by atoms with van der Waals surface area (Å²) in [5, 5.41) is 3.82. The second-order valence-electron chi connectivity index (χ2n) is 5.21. The zero-order chi connectivity index (χ0) is 14.3. The molecule has 3 atom stereocenters. The molecular formula is C13H17N2O3S2+. The fourth-order valence-corrected chi connectivity index (χ4v) is 5.14. The van der Waals surface area contributed by atoms with Crippen LogP contribution >= 0.6 is 12.2 Å². The Morgan fingerprint density at radius 1 is 1.55 bits per heavy atom. The maximum absolute atomic E-state index is 11.8. The van der Waals surface area contributed by atoms with E-state index in [4.69, 9.17) is 17.0 Å². The maximum atomic E-state index is 11.8. The summed E-state index contributed by atoms with van der Waals surface area (Å²) < 4.78 is 26.8. The molecule has 2 N–H and O–H groups in total. The average Bonchev–Trinajstić information content (AvgIpc) is 2.83. The average molecular weight is 313 g/mol. The maximum Gasteiger partial charge on any atom is 0.218 e. The zero-order valence-corrected chi connectivity index (χ0v) is 12.7. The van der Waals surface area contributed by atoms with Gasteiger partial charge in [-0.05, 0) is 29.9 Å². The fourth-order valence-electron chi connectivity index (χ4n) is 2.84. The minimum atomic E-state index is -2.71. The van der Waals surface area contributed by atoms with E-state index in [0.29, 0.717) is 11.7 Å². The highest BCUT2D eigenvalue weighted by Gasteiger charge is 2.53. The number of methoxy groups -OCH3 is 1. The van der Waals surface area contributed by atoms with Gasteiger partial charge in [0.2, 0.25) is 10.2 Å². The third-order valence-corrected chi connectivity index (χ3v) is 5.89. The monoisotopic (exact) mass is 313 g/mol. The van der Waals surface area contributed by atoms with E-state index >= 15 is 0 Å². The van der Waals surface area contributed by atoms with Gasteiger partial charge in [0.05, 0.1) is 7.11 Å². The van der Waals surface area contributed by atoms with E-state index in [1.54, 1.807) is 7.11 Å². The molecule has 1 aromatic carbocycles. The van der Waals surface area contributed by atoms with E-state index in [9.17, 15) is 8.76 Å². The van der Waals surface area contributed by atoms with Crippen LogP contribution < -0.4 is 10.1 Å². The highest BCUT2D eigenvalue weighted by Crippen LogP contribution is 2.29. The van der Waals surface area contributed by atoms with E-state index in [1.165, 1.54) is 0 Å². The normalized spacial score (nSPS) is 32.1. The predicted octanol–water partition coefficient (Wildman–Crippen LogP) is 1.11. The van der Waals surface area contributed by atoms with E-state index < -0.39 is 10.2 Å². The smallest absolute Gasteiger partial charge is 0.218 e. The number of benzene rings is 1. The summed E-state index contributed by atoms with van der Waals surface area (Å²) in [6.07, 6.45) is 0. The van der Waals surface area contributed by atoms with Gasteiger partial charge in [0, 0.05) is 6.54 Å². The lowest BCUT2D eigenvalue weighted by Gasteiger charge is -2.22. The Labute approximate surface area is 124 Å². The van der Waals surface area contributed by atoms with Crippen LogP contribution in [-0.4, -0.2) is 45.3 Å². The Bertz CT molecular complexity index is 593. The lowest BCUT2D eigenvalue weighted by molar-refractivity contribution is 0.346. The summed E-state index contributed by atoms with van der Waals surface area (Å²) in [6.45, 7) is 0.625. The van der Waals surface area contributed by atoms with Crippen LogP contribution in [0.25, 0.3) is 0 Å². The van der Waals surface area contributed by atoms with Crippen LogP contribution in [0.1, 0.15) is 5.56 Å². The van der Waals surface area contributed by atoms with Crippen molar-refractivity contribution < 1.29 is 13.5 Å². The van der Waals surface area contributed by atoms with Crippen LogP contribution in [0.3, 0.4) is 0 Å². The van der Waals surface area contributed by atoms with Gasteiger partial charge in [0.25, 0.3) is 0 Å². The minimum Gasteiger partial charge on any atom is -0.497 e. The molecule has 0 saturated carbocycles. The third kappa shape index (κ3) is 2.53. The van der Waals surface area contributed by atoms with Crippen molar-refractivity contribution in [2.24, 2.45) is 0 Å². The van der Waals surface area contributed by atoms with Gasteiger partial charge in [-0.1, -0.05) is 16.3 Å². The van der Waals surface area contributed by atoms with Crippen LogP contribution in [0.4, 0.5) is 0 Å². The second-order valence-corrected chi connectivity index (χ2v) is 7.81. The Morgan fingerprint density at radius 2 is 2.35 bits per heavy atom. The minimum absolute atomic E-state index is 0.00574. The van der Waals surface area contributed by atoms with Crippen LogP contribution in [0.15, 0.2) is 24.3 Å². The summed E-state index contributed by atoms with van der Waals surface area (Å²) >= 11 is 5.34. The summed E-state index contributed by atoms with van der Waals surface area (Å²) in [6, 6.07) is 7.78. The Morgan fingerprint density at radius 3 is 3.10 bits per heavy atom. The molecule has 0 aromatic heterocycles. The Balaban J connectivity index is 1.79. The number of rotatable bonds is 3. The molecule has 20 heavy (non-hydrogen) atoms. The molecule has 2 saturated heterocycles. The van der Waals surface area contributed by atoms with Gasteiger partial charge in [0.1, 0.15) is 17.8 Å². The van der Waals surface area contributed by atoms with E-state index in [-0.39, 0.29) is 23.6 Å². The summed E-state index contributed by atoms with van der Waals surface area (Å²) in [5.41, 5.74) is 1.07. The van der Waals surface area contributed by atoms with Crippen LogP contribution in [0, 0.1) is 0 Å². The third-order valence-electron chi connectivity index (χ3n) is 3.79. The lowest BCUT2D eigenvalue weighted by atomic mass is 10.1. The van der Waals surface area contributed by atoms with Gasteiger partial charge >= 0.3 is 0 Å². The second kappa shape index (κ2) is 4.98. The molecule has 7 heteroatoms. The molecule has 0 bridgehead atoms. The summed E-state index contributed by atoms with van der Waals surface area (Å²) in [7, 11) is -1.07. The lowest BCUT2D eigenvalue weighted by Crippen LogP contribution is -2.36. The molecule has 0 radical (unpaired) electrons. The van der Waals surface area contributed by atoms with Crippen molar-refractivity contribution in [1.82, 2.24) is 10.2 Å². The summed E-state index contributed by atoms with van der Waals surface area (Å²) in [5.74, 6) is 1.37. The molecule has 1 aromatic rings. The standard InChI is InChI=1S/C13H16N2O3S2/c1-18-10-4-2-3-9(5-10)6-15-12-8-20(16,17)7-11(12)14-13(15)19/h2-5,11-12H,6-8H2,1H3,(H-,14,16,17,19)/p+1/t11-,12-/m1/s1. The van der Waals surface area contributed by atoms with Crippen molar-refractivity contribution in [3.63, 3.8) is 0 Å². The first-order valence-electron chi connectivity index (χ1n) is 6.40. The zero-order valence-electron chi connectivity index (χ0n) is 11.1. The highest BCUT2D eigenvalue weighted by molar-refractivity contribution is 7.98. The quantitative estimate of drug-likeness (QED) is 0.644. The molecule has 0 spiro atoms. The summed E-state index contributed by atoms with van der Waals surface area (Å²) in [4.78, 5) is 2.01. The van der Waals surface area contributed by atoms with E-state index in [0.717, 1.165) is 11.3 Å². The Kier molecular flexibility index (Phi) is 3.43. The van der Waals surface area contributed by atoms with Crippen molar-refractivity contribution in [3.05, 3.63) is 29.8 Å². The van der Waals surface area contributed by atoms with Crippen molar-refractivity contribution in [1.29, 1.82) is 0 Å². The van der Waals surface area contributed by atoms with Gasteiger partial charge in [0.15, 0.2) is 16.6 Å². The van der Waals surface area contributed by atoms with Crippen molar-refractivity contribution in [3.8, 4) is 5.75 Å². The first-order chi connectivity index (χ1) is 9.48. The first-order valence-corrected chi connectivity index (χ1v) is 8.67. The first kappa shape index (κ1) is 13.8. The van der Waals surface area contributed by atoms with Gasteiger partial charge < -0.3 is 15.0 Å². The Hall–Kier alpha value is -1.18. The van der Waals surface area contributed by atoms with Gasteiger partial charge in [-0.2, -0.15) is 4.55 Å². The number of nitrogens with one attached hydrogen (secondary N) is 1. The van der Waals surface area contributed by atoms with E-state index in [2.05, 4.69) is 5.32 Å². The van der Waals surface area contributed by atoms with Crippen molar-refractivity contribution in [2.45, 2.75) is 18.6 Å². The molecular weight excluding hydrogens is 296 g/mol. The molecule has 2 fully saturated rings. The molecule has 3 rings (SSSR count). The number of hydrogen-bond donors (Lipinski definition) is 2. The number of ether oxygens (including phenoxy) is 1. The van der Waals surface area contributed by atoms with Crippen molar-refractivity contribution in [2.75, 3.05) is 18.6 Å². The van der Waals surface area contributed by atoms with Gasteiger partial charge in [-0.25, -0.2) is 0 Å². The highest BCUT2D eigenvalue weighted by atomic mass is 32.3. The van der Waals surface area contributed by atoms with Crippen molar-refractivity contribution >= 4 is 27.5 Å². The van der Waals surface area contributed by atoms with Gasteiger partial charge in [-0.3, -0.25) is 0 Å². The largest absolute Gasteiger partial charge is 0.497 e. The fraction of sp³-hybridized carbons (Fsp3) is 0.462. The number of hydrogen-bond acceptors (Lipinski definition) is 3. The molecule has 2 heterocycles. The molecule has 2 aliphatic rings. The molecule has 0 aliphatic carbocycles. The molecule has 0 amide bonds. The van der Waals surface area contributed by atoms with Crippen LogP contribution in [0.5, 0.6) is 5.75 Å². The molecule has 1 unspecified atom stereocenters. The molecule has 5 nitrogen and oxygen atoms in total. The number of fused-ring (bicyclic) bond motifs is 1. The predicted molar refractivity (Wildman–Crippen MR) is 82.3 cm³/mol. The molecule has 2 aliphatic heterocycles. The molecule has 108 valence electrons. The van der Waals surface area contributed by atoms with Gasteiger partial charge in [-0.15, -0.1) is 0 Å². The van der Waals surface area contributed by atoms with Crippen LogP contribution in [0.2, 0.25) is 0 Å².